The fraction of sp³-hybridized carbons (Fsp3) is 0.600. The number of aryl methyl sites for hydroxylation is 1. The number of ether oxygens (including phenoxy) is 1. The molecule has 2 rings (SSSR count). The molecule has 94 valence electrons. The maximum Gasteiger partial charge on any atom is 0.0757 e. The second-order valence-corrected chi connectivity index (χ2v) is 5.19. The van der Waals surface area contributed by atoms with Crippen molar-refractivity contribution < 1.29 is 4.74 Å². The van der Waals surface area contributed by atoms with Crippen molar-refractivity contribution in [2.75, 3.05) is 13.7 Å². The summed E-state index contributed by atoms with van der Waals surface area (Å²) in [5, 5.41) is 3.42. The Morgan fingerprint density at radius 2 is 2.29 bits per heavy atom. The predicted octanol–water partition coefficient (Wildman–Crippen LogP) is 2.55. The van der Waals surface area contributed by atoms with Gasteiger partial charge in [0.15, 0.2) is 0 Å². The van der Waals surface area contributed by atoms with Gasteiger partial charge in [-0.05, 0) is 38.3 Å². The maximum atomic E-state index is 5.86. The Hall–Kier alpha value is -0.860. The minimum Gasteiger partial charge on any atom is -0.376 e. The molecule has 0 bridgehead atoms. The molecule has 1 fully saturated rings. The van der Waals surface area contributed by atoms with Crippen molar-refractivity contribution in [1.29, 1.82) is 0 Å². The van der Waals surface area contributed by atoms with Crippen LogP contribution in [0.5, 0.6) is 0 Å². The van der Waals surface area contributed by atoms with Crippen molar-refractivity contribution in [3.8, 4) is 0 Å². The molecule has 2 nitrogen and oxygen atoms in total. The van der Waals surface area contributed by atoms with E-state index in [9.17, 15) is 0 Å². The van der Waals surface area contributed by atoms with Crippen LogP contribution in [0.4, 0.5) is 0 Å². The molecule has 1 aromatic carbocycles. The summed E-state index contributed by atoms with van der Waals surface area (Å²) >= 11 is 0. The van der Waals surface area contributed by atoms with Gasteiger partial charge in [0, 0.05) is 12.6 Å². The molecule has 0 radical (unpaired) electrons. The Morgan fingerprint density at radius 1 is 1.47 bits per heavy atom. The van der Waals surface area contributed by atoms with E-state index in [1.165, 1.54) is 17.5 Å². The van der Waals surface area contributed by atoms with Crippen LogP contribution in [0, 0.1) is 12.8 Å². The second-order valence-electron chi connectivity index (χ2n) is 5.19. The molecule has 1 aromatic rings. The molecule has 0 aromatic heterocycles. The first-order chi connectivity index (χ1) is 8.20. The van der Waals surface area contributed by atoms with Gasteiger partial charge in [0.2, 0.25) is 0 Å². The number of likely N-dealkylation sites (N-methyl/N-ethyl adjacent to an activating group) is 1. The number of nitrogens with one attached hydrogen (secondary N) is 1. The van der Waals surface area contributed by atoms with Crippen LogP contribution in [0.3, 0.4) is 0 Å². The SMILES string of the molecule is CNC(Cc1cccc(C)c1)C1OCCC1C. The Bertz CT molecular complexity index is 364. The molecule has 1 aliphatic heterocycles. The van der Waals surface area contributed by atoms with E-state index < -0.39 is 0 Å². The lowest BCUT2D eigenvalue weighted by Gasteiger charge is -2.26. The third-order valence-electron chi connectivity index (χ3n) is 3.75. The van der Waals surface area contributed by atoms with Crippen LogP contribution in [-0.2, 0) is 11.2 Å². The number of hydrogen-bond acceptors (Lipinski definition) is 2. The van der Waals surface area contributed by atoms with E-state index in [2.05, 4.69) is 43.4 Å². The molecular weight excluding hydrogens is 210 g/mol. The van der Waals surface area contributed by atoms with E-state index in [1.807, 2.05) is 7.05 Å². The van der Waals surface area contributed by atoms with Gasteiger partial charge in [0.05, 0.1) is 6.10 Å². The molecule has 1 saturated heterocycles. The van der Waals surface area contributed by atoms with Crippen molar-refractivity contribution >= 4 is 0 Å². The van der Waals surface area contributed by atoms with Crippen molar-refractivity contribution in [1.82, 2.24) is 5.32 Å². The van der Waals surface area contributed by atoms with E-state index in [1.54, 1.807) is 0 Å². The van der Waals surface area contributed by atoms with Crippen LogP contribution in [0.1, 0.15) is 24.5 Å². The molecule has 1 aliphatic rings. The van der Waals surface area contributed by atoms with E-state index in [0.717, 1.165) is 13.0 Å². The van der Waals surface area contributed by atoms with Gasteiger partial charge in [0.1, 0.15) is 0 Å². The van der Waals surface area contributed by atoms with Gasteiger partial charge in [-0.1, -0.05) is 36.8 Å². The monoisotopic (exact) mass is 233 g/mol. The van der Waals surface area contributed by atoms with Crippen LogP contribution in [0.15, 0.2) is 24.3 Å². The minimum atomic E-state index is 0.362. The summed E-state index contributed by atoms with van der Waals surface area (Å²) in [4.78, 5) is 0. The van der Waals surface area contributed by atoms with Crippen LogP contribution in [0.25, 0.3) is 0 Å². The van der Waals surface area contributed by atoms with Gasteiger partial charge in [-0.3, -0.25) is 0 Å². The number of hydrogen-bond donors (Lipinski definition) is 1. The topological polar surface area (TPSA) is 21.3 Å². The largest absolute Gasteiger partial charge is 0.376 e. The minimum absolute atomic E-state index is 0.362. The molecule has 1 heterocycles. The average Bonchev–Trinajstić information content (AvgIpc) is 2.72. The normalized spacial score (nSPS) is 26.1. The fourth-order valence-electron chi connectivity index (χ4n) is 2.71. The van der Waals surface area contributed by atoms with Crippen LogP contribution in [0.2, 0.25) is 0 Å². The van der Waals surface area contributed by atoms with Gasteiger partial charge >= 0.3 is 0 Å². The lowest BCUT2D eigenvalue weighted by molar-refractivity contribution is 0.0634. The van der Waals surface area contributed by atoms with Gasteiger partial charge in [0.25, 0.3) is 0 Å². The van der Waals surface area contributed by atoms with E-state index in [4.69, 9.17) is 4.74 Å². The van der Waals surface area contributed by atoms with Crippen molar-refractivity contribution in [3.63, 3.8) is 0 Å². The third kappa shape index (κ3) is 3.08. The predicted molar refractivity (Wildman–Crippen MR) is 71.3 cm³/mol. The Kier molecular flexibility index (Phi) is 4.19. The molecule has 0 saturated carbocycles. The van der Waals surface area contributed by atoms with E-state index in [0.29, 0.717) is 18.1 Å². The molecular formula is C15H23NO. The van der Waals surface area contributed by atoms with E-state index >= 15 is 0 Å². The van der Waals surface area contributed by atoms with Gasteiger partial charge in [-0.2, -0.15) is 0 Å². The molecule has 3 atom stereocenters. The lowest BCUT2D eigenvalue weighted by atomic mass is 9.92. The lowest BCUT2D eigenvalue weighted by Crippen LogP contribution is -2.41. The molecule has 0 amide bonds. The van der Waals surface area contributed by atoms with Crippen LogP contribution in [-0.4, -0.2) is 25.8 Å². The first kappa shape index (κ1) is 12.6. The summed E-state index contributed by atoms with van der Waals surface area (Å²) in [5.74, 6) is 0.664. The summed E-state index contributed by atoms with van der Waals surface area (Å²) in [6.45, 7) is 5.35. The summed E-state index contributed by atoms with van der Waals surface area (Å²) in [6, 6.07) is 9.18. The smallest absolute Gasteiger partial charge is 0.0757 e. The van der Waals surface area contributed by atoms with Crippen LogP contribution < -0.4 is 5.32 Å². The zero-order chi connectivity index (χ0) is 12.3. The summed E-state index contributed by atoms with van der Waals surface area (Å²) in [5.41, 5.74) is 2.73. The molecule has 3 unspecified atom stereocenters. The highest BCUT2D eigenvalue weighted by atomic mass is 16.5. The molecule has 0 aliphatic carbocycles. The molecule has 0 spiro atoms. The van der Waals surface area contributed by atoms with Gasteiger partial charge in [-0.15, -0.1) is 0 Å². The summed E-state index contributed by atoms with van der Waals surface area (Å²) < 4.78 is 5.86. The van der Waals surface area contributed by atoms with E-state index in [-0.39, 0.29) is 0 Å². The summed E-state index contributed by atoms with van der Waals surface area (Å²) in [6.07, 6.45) is 2.60. The quantitative estimate of drug-likeness (QED) is 0.863. The first-order valence-electron chi connectivity index (χ1n) is 6.55. The Labute approximate surface area is 104 Å². The highest BCUT2D eigenvalue weighted by Crippen LogP contribution is 2.24. The van der Waals surface area contributed by atoms with Crippen molar-refractivity contribution in [2.45, 2.75) is 38.8 Å². The highest BCUT2D eigenvalue weighted by Gasteiger charge is 2.31. The first-order valence-corrected chi connectivity index (χ1v) is 6.55. The standard InChI is InChI=1S/C15H23NO/c1-11-5-4-6-13(9-11)10-14(16-3)15-12(2)7-8-17-15/h4-6,9,12,14-16H,7-8,10H2,1-3H3. The molecule has 2 heteroatoms. The van der Waals surface area contributed by atoms with Gasteiger partial charge in [-0.25, -0.2) is 0 Å². The molecule has 1 N–H and O–H groups in total. The second kappa shape index (κ2) is 5.65. The maximum absolute atomic E-state index is 5.86. The van der Waals surface area contributed by atoms with Crippen molar-refractivity contribution in [2.24, 2.45) is 5.92 Å². The Morgan fingerprint density at radius 3 is 2.88 bits per heavy atom. The summed E-state index contributed by atoms with van der Waals surface area (Å²) in [7, 11) is 2.04. The highest BCUT2D eigenvalue weighted by molar-refractivity contribution is 5.23. The Balaban J connectivity index is 2.04. The molecule has 17 heavy (non-hydrogen) atoms. The number of benzene rings is 1. The van der Waals surface area contributed by atoms with Crippen molar-refractivity contribution in [3.05, 3.63) is 35.4 Å². The zero-order valence-electron chi connectivity index (χ0n) is 11.1. The zero-order valence-corrected chi connectivity index (χ0v) is 11.1. The van der Waals surface area contributed by atoms with Gasteiger partial charge < -0.3 is 10.1 Å². The average molecular weight is 233 g/mol. The fourth-order valence-corrected chi connectivity index (χ4v) is 2.71. The van der Waals surface area contributed by atoms with Crippen LogP contribution >= 0.6 is 0 Å². The number of rotatable bonds is 4. The third-order valence-corrected chi connectivity index (χ3v) is 3.75.